The van der Waals surface area contributed by atoms with Crippen LogP contribution >= 0.6 is 23.5 Å². The highest BCUT2D eigenvalue weighted by molar-refractivity contribution is 8.06. The molecular weight excluding hydrogens is 278 g/mol. The van der Waals surface area contributed by atoms with Gasteiger partial charge in [0.2, 0.25) is 5.89 Å². The largest absolute Gasteiger partial charge is 0.339 e. The van der Waals surface area contributed by atoms with Crippen molar-refractivity contribution in [3.8, 4) is 0 Å². The minimum absolute atomic E-state index is 0.309. The molecule has 0 amide bonds. The number of nitrogens with two attached hydrogens (primary N) is 1. The Balaban J connectivity index is 1.60. The zero-order valence-corrected chi connectivity index (χ0v) is 12.7. The summed E-state index contributed by atoms with van der Waals surface area (Å²) < 4.78 is 5.43. The van der Waals surface area contributed by atoms with Crippen LogP contribution in [0.25, 0.3) is 0 Å². The molecule has 1 aliphatic heterocycles. The van der Waals surface area contributed by atoms with Crippen LogP contribution in [0.3, 0.4) is 0 Å². The molecular formula is C13H21N3OS2. The molecule has 2 N–H and O–H groups in total. The number of thioether (sulfide) groups is 2. The zero-order chi connectivity index (χ0) is 13.1. The van der Waals surface area contributed by atoms with E-state index in [0.29, 0.717) is 17.2 Å². The predicted molar refractivity (Wildman–Crippen MR) is 80.5 cm³/mol. The van der Waals surface area contributed by atoms with Crippen molar-refractivity contribution >= 4 is 23.5 Å². The lowest BCUT2D eigenvalue weighted by molar-refractivity contribution is 0.272. The molecule has 2 aliphatic rings. The molecule has 1 aromatic heterocycles. The Morgan fingerprint density at radius 2 is 2.16 bits per heavy atom. The SMILES string of the molecule is NC1CCCCC1Cc1nc(C2CSCCS2)no1. The van der Waals surface area contributed by atoms with Crippen molar-refractivity contribution in [1.82, 2.24) is 10.1 Å². The maximum absolute atomic E-state index is 6.18. The van der Waals surface area contributed by atoms with Crippen LogP contribution in [0.5, 0.6) is 0 Å². The Kier molecular flexibility index (Phi) is 4.71. The molecule has 2 fully saturated rings. The summed E-state index contributed by atoms with van der Waals surface area (Å²) in [5.41, 5.74) is 6.18. The van der Waals surface area contributed by atoms with Crippen LogP contribution < -0.4 is 5.73 Å². The molecule has 1 aromatic rings. The quantitative estimate of drug-likeness (QED) is 0.925. The second kappa shape index (κ2) is 6.50. The second-order valence-corrected chi connectivity index (χ2v) is 7.85. The van der Waals surface area contributed by atoms with E-state index < -0.39 is 0 Å². The standard InChI is InChI=1S/C13H21N3OS2/c14-10-4-2-1-3-9(10)7-12-15-13(16-17-12)11-8-18-5-6-19-11/h9-11H,1-8,14H2. The average molecular weight is 299 g/mol. The van der Waals surface area contributed by atoms with Gasteiger partial charge in [-0.05, 0) is 18.8 Å². The van der Waals surface area contributed by atoms with Gasteiger partial charge in [-0.25, -0.2) is 0 Å². The molecule has 4 nitrogen and oxygen atoms in total. The Bertz CT molecular complexity index is 406. The van der Waals surface area contributed by atoms with Crippen molar-refractivity contribution in [2.45, 2.75) is 43.4 Å². The van der Waals surface area contributed by atoms with E-state index in [9.17, 15) is 0 Å². The fraction of sp³-hybridized carbons (Fsp3) is 0.846. The van der Waals surface area contributed by atoms with Crippen molar-refractivity contribution in [2.24, 2.45) is 11.7 Å². The van der Waals surface area contributed by atoms with E-state index in [0.717, 1.165) is 30.3 Å². The molecule has 3 unspecified atom stereocenters. The van der Waals surface area contributed by atoms with Gasteiger partial charge in [-0.3, -0.25) is 0 Å². The summed E-state index contributed by atoms with van der Waals surface area (Å²) in [6, 6.07) is 0.309. The third-order valence-electron chi connectivity index (χ3n) is 3.99. The summed E-state index contributed by atoms with van der Waals surface area (Å²) in [7, 11) is 0. The van der Waals surface area contributed by atoms with E-state index in [2.05, 4.69) is 10.1 Å². The number of rotatable bonds is 3. The number of hydrogen-bond acceptors (Lipinski definition) is 6. The highest BCUT2D eigenvalue weighted by Gasteiger charge is 2.26. The predicted octanol–water partition coefficient (Wildman–Crippen LogP) is 2.65. The van der Waals surface area contributed by atoms with Crippen LogP contribution in [0.15, 0.2) is 4.52 Å². The first-order valence-corrected chi connectivity index (χ1v) is 9.30. The van der Waals surface area contributed by atoms with Gasteiger partial charge in [-0.1, -0.05) is 18.0 Å². The van der Waals surface area contributed by atoms with E-state index in [1.807, 2.05) is 23.5 Å². The van der Waals surface area contributed by atoms with Gasteiger partial charge in [0.15, 0.2) is 5.82 Å². The molecule has 3 atom stereocenters. The maximum atomic E-state index is 6.18. The van der Waals surface area contributed by atoms with Gasteiger partial charge in [0.05, 0.1) is 5.25 Å². The van der Waals surface area contributed by atoms with Gasteiger partial charge in [0, 0.05) is 29.7 Å². The van der Waals surface area contributed by atoms with Crippen molar-refractivity contribution in [3.05, 3.63) is 11.7 Å². The van der Waals surface area contributed by atoms with Gasteiger partial charge in [-0.15, -0.1) is 11.8 Å². The Hall–Kier alpha value is -0.200. The van der Waals surface area contributed by atoms with Gasteiger partial charge in [-0.2, -0.15) is 16.7 Å². The first-order valence-electron chi connectivity index (χ1n) is 7.10. The van der Waals surface area contributed by atoms with Crippen molar-refractivity contribution in [2.75, 3.05) is 17.3 Å². The molecule has 1 aliphatic carbocycles. The second-order valence-electron chi connectivity index (χ2n) is 5.39. The van der Waals surface area contributed by atoms with Gasteiger partial charge >= 0.3 is 0 Å². The highest BCUT2D eigenvalue weighted by atomic mass is 32.2. The van der Waals surface area contributed by atoms with Gasteiger partial charge in [0.25, 0.3) is 0 Å². The molecule has 0 radical (unpaired) electrons. The van der Waals surface area contributed by atoms with Crippen LogP contribution in [-0.4, -0.2) is 33.4 Å². The molecule has 19 heavy (non-hydrogen) atoms. The molecule has 0 aromatic carbocycles. The van der Waals surface area contributed by atoms with E-state index in [1.165, 1.54) is 30.8 Å². The van der Waals surface area contributed by atoms with Crippen LogP contribution in [0, 0.1) is 5.92 Å². The van der Waals surface area contributed by atoms with Gasteiger partial charge in [0.1, 0.15) is 0 Å². The molecule has 1 saturated carbocycles. The Morgan fingerprint density at radius 1 is 1.26 bits per heavy atom. The molecule has 0 bridgehead atoms. The number of hydrogen-bond donors (Lipinski definition) is 1. The lowest BCUT2D eigenvalue weighted by atomic mass is 9.83. The summed E-state index contributed by atoms with van der Waals surface area (Å²) in [6.45, 7) is 0. The average Bonchev–Trinajstić information content (AvgIpc) is 2.91. The minimum Gasteiger partial charge on any atom is -0.339 e. The van der Waals surface area contributed by atoms with Crippen molar-refractivity contribution in [3.63, 3.8) is 0 Å². The lowest BCUT2D eigenvalue weighted by Gasteiger charge is -2.27. The molecule has 2 heterocycles. The van der Waals surface area contributed by atoms with Crippen LogP contribution in [0.1, 0.15) is 42.6 Å². The number of nitrogens with zero attached hydrogens (tertiary/aromatic N) is 2. The number of aromatic nitrogens is 2. The summed E-state index contributed by atoms with van der Waals surface area (Å²) in [5, 5.41) is 4.58. The monoisotopic (exact) mass is 299 g/mol. The summed E-state index contributed by atoms with van der Waals surface area (Å²) in [6.07, 6.45) is 5.75. The third kappa shape index (κ3) is 3.47. The van der Waals surface area contributed by atoms with Crippen LogP contribution in [0.2, 0.25) is 0 Å². The van der Waals surface area contributed by atoms with E-state index >= 15 is 0 Å². The summed E-state index contributed by atoms with van der Waals surface area (Å²) >= 11 is 3.93. The summed E-state index contributed by atoms with van der Waals surface area (Å²) in [5.74, 6) is 5.72. The normalized spacial score (nSPS) is 32.4. The lowest BCUT2D eigenvalue weighted by Crippen LogP contribution is -2.34. The zero-order valence-electron chi connectivity index (χ0n) is 11.1. The van der Waals surface area contributed by atoms with Crippen LogP contribution in [0.4, 0.5) is 0 Å². The fourth-order valence-electron chi connectivity index (χ4n) is 2.83. The molecule has 106 valence electrons. The van der Waals surface area contributed by atoms with Gasteiger partial charge < -0.3 is 10.3 Å². The van der Waals surface area contributed by atoms with E-state index in [-0.39, 0.29) is 0 Å². The smallest absolute Gasteiger partial charge is 0.227 e. The van der Waals surface area contributed by atoms with E-state index in [1.54, 1.807) is 0 Å². The Labute approximate surface area is 122 Å². The molecule has 6 heteroatoms. The maximum Gasteiger partial charge on any atom is 0.227 e. The third-order valence-corrected chi connectivity index (χ3v) is 6.74. The Morgan fingerprint density at radius 3 is 2.95 bits per heavy atom. The molecule has 3 rings (SSSR count). The fourth-order valence-corrected chi connectivity index (χ4v) is 5.42. The van der Waals surface area contributed by atoms with Crippen molar-refractivity contribution in [1.29, 1.82) is 0 Å². The summed E-state index contributed by atoms with van der Waals surface area (Å²) in [4.78, 5) is 4.59. The first-order chi connectivity index (χ1) is 9.33. The highest BCUT2D eigenvalue weighted by Crippen LogP contribution is 2.35. The van der Waals surface area contributed by atoms with Crippen molar-refractivity contribution < 1.29 is 4.52 Å². The molecule has 1 saturated heterocycles. The first kappa shape index (κ1) is 13.8. The topological polar surface area (TPSA) is 64.9 Å². The van der Waals surface area contributed by atoms with Crippen LogP contribution in [-0.2, 0) is 6.42 Å². The van der Waals surface area contributed by atoms with E-state index in [4.69, 9.17) is 10.3 Å². The minimum atomic E-state index is 0.309. The molecule has 0 spiro atoms.